The Labute approximate surface area is 391 Å². The predicted octanol–water partition coefficient (Wildman–Crippen LogP) is -6.32. The molecule has 0 unspecified atom stereocenters. The molecule has 0 aliphatic heterocycles. The Morgan fingerprint density at radius 2 is 0.578 bits per heavy atom. The van der Waals surface area contributed by atoms with Crippen molar-refractivity contribution in [3.05, 3.63) is 84.9 Å². The molecule has 9 rings (SSSR count). The highest BCUT2D eigenvalue weighted by Gasteiger charge is 2.28. The SMILES string of the molecule is [B]c1c([B])c([B])c(-c2c([B])c([B])c([B])c3oc4c([B])c(-c5c([B])c([B])c(-c6nc(-c7ccccc7)nc(-c7ccc(-c8ccccc8)cc7)n6)c([B])c5[B])c([B])c([B])c4c23)c([B])c1[B]. The van der Waals surface area contributed by atoms with Crippen LogP contribution in [0.2, 0.25) is 0 Å². The molecule has 30 radical (unpaired) electrons. The van der Waals surface area contributed by atoms with Crippen LogP contribution < -0.4 is 81.9 Å². The summed E-state index contributed by atoms with van der Waals surface area (Å²) in [5, 5.41) is 0.376. The maximum absolute atomic E-state index is 6.97. The van der Waals surface area contributed by atoms with Crippen molar-refractivity contribution in [1.82, 2.24) is 15.0 Å². The van der Waals surface area contributed by atoms with Crippen molar-refractivity contribution >= 4 is 222 Å². The Hall–Kier alpha value is -5.68. The Bertz CT molecular complexity index is 3380. The topological polar surface area (TPSA) is 51.8 Å². The molecular formula is C45H14B15N3O. The second-order valence-corrected chi connectivity index (χ2v) is 15.2. The highest BCUT2D eigenvalue weighted by molar-refractivity contribution is 6.72. The minimum absolute atomic E-state index is 0.00361. The van der Waals surface area contributed by atoms with Gasteiger partial charge in [-0.3, -0.25) is 0 Å². The summed E-state index contributed by atoms with van der Waals surface area (Å²) in [4.78, 5) is 14.5. The van der Waals surface area contributed by atoms with E-state index in [1.807, 2.05) is 84.9 Å². The lowest BCUT2D eigenvalue weighted by Crippen LogP contribution is -2.56. The van der Waals surface area contributed by atoms with Crippen LogP contribution in [0.5, 0.6) is 0 Å². The molecule has 0 atom stereocenters. The second kappa shape index (κ2) is 16.4. The van der Waals surface area contributed by atoms with Crippen LogP contribution in [0.4, 0.5) is 0 Å². The van der Waals surface area contributed by atoms with Gasteiger partial charge in [0.1, 0.15) is 129 Å². The van der Waals surface area contributed by atoms with Gasteiger partial charge in [-0.2, -0.15) is 0 Å². The van der Waals surface area contributed by atoms with Gasteiger partial charge in [0, 0.05) is 27.5 Å². The average molecular weight is 775 g/mol. The van der Waals surface area contributed by atoms with E-state index in [1.54, 1.807) is 0 Å². The van der Waals surface area contributed by atoms with E-state index in [0.717, 1.165) is 11.1 Å². The van der Waals surface area contributed by atoms with Crippen molar-refractivity contribution in [2.24, 2.45) is 0 Å². The van der Waals surface area contributed by atoms with Crippen LogP contribution in [0.1, 0.15) is 0 Å². The molecule has 0 amide bonds. The van der Waals surface area contributed by atoms with E-state index in [1.165, 1.54) is 0 Å². The zero-order valence-electron chi connectivity index (χ0n) is 34.0. The summed E-state index contributed by atoms with van der Waals surface area (Å²) in [5.41, 5.74) is 3.27. The van der Waals surface area contributed by atoms with Crippen molar-refractivity contribution in [2.75, 3.05) is 0 Å². The van der Waals surface area contributed by atoms with Crippen LogP contribution in [-0.4, -0.2) is 133 Å². The summed E-state index contributed by atoms with van der Waals surface area (Å²) in [5.74, 6) is 0.787. The maximum Gasteiger partial charge on any atom is 0.164 e. The van der Waals surface area contributed by atoms with E-state index < -0.39 is 0 Å². The third kappa shape index (κ3) is 6.71. The Kier molecular flexibility index (Phi) is 11.2. The molecule has 2 heterocycles. The molecule has 0 saturated carbocycles. The number of aromatic nitrogens is 3. The quantitative estimate of drug-likeness (QED) is 0.158. The first-order valence-electron chi connectivity index (χ1n) is 19.5. The molecule has 0 N–H and O–H groups in total. The maximum atomic E-state index is 6.97. The fourth-order valence-corrected chi connectivity index (χ4v) is 8.13. The number of hydrogen-bond donors (Lipinski definition) is 0. The van der Waals surface area contributed by atoms with Crippen LogP contribution in [0.15, 0.2) is 89.3 Å². The van der Waals surface area contributed by atoms with E-state index in [9.17, 15) is 0 Å². The Morgan fingerprint density at radius 3 is 1.12 bits per heavy atom. The molecular weight excluding hydrogens is 761 g/mol. The number of benzene rings is 7. The fraction of sp³-hybridized carbons (Fsp3) is 0. The molecule has 64 heavy (non-hydrogen) atoms. The van der Waals surface area contributed by atoms with Gasteiger partial charge < -0.3 is 4.42 Å². The van der Waals surface area contributed by atoms with Crippen LogP contribution in [-0.2, 0) is 0 Å². The van der Waals surface area contributed by atoms with Gasteiger partial charge >= 0.3 is 0 Å². The van der Waals surface area contributed by atoms with Gasteiger partial charge in [0.05, 0.1) is 0 Å². The van der Waals surface area contributed by atoms with Crippen molar-refractivity contribution in [3.8, 4) is 67.5 Å². The molecule has 7 aromatic carbocycles. The molecule has 0 spiro atoms. The van der Waals surface area contributed by atoms with Crippen LogP contribution in [0.25, 0.3) is 89.5 Å². The van der Waals surface area contributed by atoms with E-state index >= 15 is 0 Å². The lowest BCUT2D eigenvalue weighted by molar-refractivity contribution is 0.675. The Morgan fingerprint density at radius 1 is 0.250 bits per heavy atom. The van der Waals surface area contributed by atoms with Crippen molar-refractivity contribution in [2.45, 2.75) is 0 Å². The van der Waals surface area contributed by atoms with E-state index in [4.69, 9.17) is 137 Å². The fourth-order valence-electron chi connectivity index (χ4n) is 8.13. The van der Waals surface area contributed by atoms with Crippen LogP contribution in [0, 0.1) is 0 Å². The summed E-state index contributed by atoms with van der Waals surface area (Å²) in [6.45, 7) is 0. The van der Waals surface area contributed by atoms with E-state index in [-0.39, 0.29) is 138 Å². The van der Waals surface area contributed by atoms with Gasteiger partial charge in [0.15, 0.2) is 17.5 Å². The number of nitrogens with zero attached hydrogens (tertiary/aromatic N) is 3. The Balaban J connectivity index is 1.26. The highest BCUT2D eigenvalue weighted by Crippen LogP contribution is 2.33. The normalized spacial score (nSPS) is 11.4. The first-order chi connectivity index (χ1) is 30.5. The lowest BCUT2D eigenvalue weighted by Gasteiger charge is -2.26. The molecule has 0 bridgehead atoms. The van der Waals surface area contributed by atoms with Crippen LogP contribution >= 0.6 is 0 Å². The number of rotatable bonds is 6. The monoisotopic (exact) mass is 777 g/mol. The molecule has 2 aromatic heterocycles. The van der Waals surface area contributed by atoms with Gasteiger partial charge in [-0.1, -0.05) is 140 Å². The zero-order valence-corrected chi connectivity index (χ0v) is 34.0. The predicted molar refractivity (Wildman–Crippen MR) is 281 cm³/mol. The van der Waals surface area contributed by atoms with E-state index in [2.05, 4.69) is 0 Å². The van der Waals surface area contributed by atoms with Crippen molar-refractivity contribution < 1.29 is 4.42 Å². The summed E-state index contributed by atoms with van der Waals surface area (Å²) in [6, 6.07) is 27.1. The molecule has 0 saturated heterocycles. The molecule has 0 aliphatic carbocycles. The van der Waals surface area contributed by atoms with E-state index in [0.29, 0.717) is 22.8 Å². The van der Waals surface area contributed by atoms with Crippen molar-refractivity contribution in [1.29, 1.82) is 0 Å². The summed E-state index contributed by atoms with van der Waals surface area (Å²) in [7, 11) is 99.7. The second-order valence-electron chi connectivity index (χ2n) is 15.2. The number of furan rings is 1. The molecule has 0 fully saturated rings. The standard InChI is InChI=1S/C45H14B15N3O/c46-26-19(21-30(50)36(56)39(59)37(57)31(21)51)20-24-32(52)29(49)23(35(55)42(24)64-41(20)40(60)38(26)58)22-27(47)33(53)25(34(54)28(22)48)45-62-43(17-9-5-2-6-10-17)61-44(63-45)18-13-11-16(12-14-18)15-7-3-1-4-8-15/h1-14H. The molecule has 260 valence electrons. The largest absolute Gasteiger partial charge is 0.457 e. The summed E-state index contributed by atoms with van der Waals surface area (Å²) < 4.78 is 6.39. The number of hydrogen-bond acceptors (Lipinski definition) is 4. The number of fused-ring (bicyclic) bond motifs is 3. The first-order valence-corrected chi connectivity index (χ1v) is 19.5. The minimum atomic E-state index is -0.0809. The lowest BCUT2D eigenvalue weighted by atomic mass is 9.57. The minimum Gasteiger partial charge on any atom is -0.457 e. The molecule has 0 aliphatic rings. The highest BCUT2D eigenvalue weighted by atomic mass is 16.3. The molecule has 19 heteroatoms. The first kappa shape index (κ1) is 43.6. The molecule has 4 nitrogen and oxygen atoms in total. The van der Waals surface area contributed by atoms with Gasteiger partial charge in [-0.15, -0.1) is 21.9 Å². The summed E-state index contributed by atoms with van der Waals surface area (Å²) in [6.07, 6.45) is 0. The average Bonchev–Trinajstić information content (AvgIpc) is 3.72. The van der Waals surface area contributed by atoms with Crippen LogP contribution in [0.3, 0.4) is 0 Å². The van der Waals surface area contributed by atoms with Gasteiger partial charge in [-0.25, -0.2) is 15.0 Å². The molecule has 9 aromatic rings. The van der Waals surface area contributed by atoms with Crippen molar-refractivity contribution in [3.63, 3.8) is 0 Å². The zero-order chi connectivity index (χ0) is 45.6. The summed E-state index contributed by atoms with van der Waals surface area (Å²) >= 11 is 0. The third-order valence-corrected chi connectivity index (χ3v) is 11.6. The van der Waals surface area contributed by atoms with Gasteiger partial charge in [0.25, 0.3) is 0 Å². The van der Waals surface area contributed by atoms with Gasteiger partial charge in [-0.05, 0) is 38.8 Å². The van der Waals surface area contributed by atoms with Gasteiger partial charge in [0.2, 0.25) is 0 Å². The smallest absolute Gasteiger partial charge is 0.164 e. The third-order valence-electron chi connectivity index (χ3n) is 11.6.